The number of hydrogen-bond donors (Lipinski definition) is 3. The van der Waals surface area contributed by atoms with Gasteiger partial charge in [0.25, 0.3) is 0 Å². The van der Waals surface area contributed by atoms with Crippen LogP contribution >= 0.6 is 0 Å². The number of nitrogens with zero attached hydrogens (tertiary/aromatic N) is 4. The van der Waals surface area contributed by atoms with Gasteiger partial charge in [0, 0.05) is 32.2 Å². The van der Waals surface area contributed by atoms with E-state index in [1.54, 1.807) is 0 Å². The minimum Gasteiger partial charge on any atom is -0.394 e. The van der Waals surface area contributed by atoms with Crippen LogP contribution in [0.1, 0.15) is 33.1 Å². The van der Waals surface area contributed by atoms with Crippen molar-refractivity contribution in [1.82, 2.24) is 14.9 Å². The van der Waals surface area contributed by atoms with Gasteiger partial charge in [0.2, 0.25) is 0 Å². The largest absolute Gasteiger partial charge is 0.394 e. The van der Waals surface area contributed by atoms with Gasteiger partial charge in [0.15, 0.2) is 0 Å². The van der Waals surface area contributed by atoms with E-state index in [9.17, 15) is 5.11 Å². The number of pyridine rings is 2. The molecule has 7 heteroatoms. The molecule has 3 rings (SSSR count). The predicted octanol–water partition coefficient (Wildman–Crippen LogP) is 2.32. The highest BCUT2D eigenvalue weighted by Gasteiger charge is 2.24. The van der Waals surface area contributed by atoms with Crippen molar-refractivity contribution in [3.8, 4) is 0 Å². The number of anilines is 3. The maximum absolute atomic E-state index is 9.91. The lowest BCUT2D eigenvalue weighted by molar-refractivity contribution is 0.212. The number of piperazine rings is 1. The molecule has 0 bridgehead atoms. The molecule has 0 spiro atoms. The Hall–Kier alpha value is -2.12. The molecule has 3 heterocycles. The van der Waals surface area contributed by atoms with E-state index in [0.717, 1.165) is 67.8 Å². The van der Waals surface area contributed by atoms with E-state index in [0.29, 0.717) is 5.82 Å². The molecule has 0 aliphatic carbocycles. The van der Waals surface area contributed by atoms with E-state index in [1.165, 1.54) is 0 Å². The number of nitrogen functional groups attached to an aromatic ring is 1. The normalized spacial score (nSPS) is 17.9. The number of nitrogens with two attached hydrogens (primary N) is 1. The molecule has 148 valence electrons. The minimum absolute atomic E-state index is 0.0517. The summed E-state index contributed by atoms with van der Waals surface area (Å²) >= 11 is 0. The summed E-state index contributed by atoms with van der Waals surface area (Å²) in [5.74, 6) is 0.457. The van der Waals surface area contributed by atoms with Crippen LogP contribution in [0.3, 0.4) is 0 Å². The fourth-order valence-electron chi connectivity index (χ4n) is 3.53. The lowest BCUT2D eigenvalue weighted by atomic mass is 9.95. The first kappa shape index (κ1) is 19.6. The number of hydrogen-bond acceptors (Lipinski definition) is 7. The van der Waals surface area contributed by atoms with Crippen molar-refractivity contribution >= 4 is 28.2 Å². The van der Waals surface area contributed by atoms with Crippen LogP contribution in [0.15, 0.2) is 18.3 Å². The third kappa shape index (κ3) is 4.59. The zero-order valence-electron chi connectivity index (χ0n) is 16.7. The van der Waals surface area contributed by atoms with Crippen LogP contribution < -0.4 is 16.0 Å². The van der Waals surface area contributed by atoms with Crippen molar-refractivity contribution in [1.29, 1.82) is 0 Å². The molecular formula is C20H32N6O. The summed E-state index contributed by atoms with van der Waals surface area (Å²) in [5.41, 5.74) is 9.14. The van der Waals surface area contributed by atoms with Gasteiger partial charge in [-0.3, -0.25) is 4.98 Å². The molecule has 0 saturated carbocycles. The highest BCUT2D eigenvalue weighted by atomic mass is 16.3. The lowest BCUT2D eigenvalue weighted by Gasteiger charge is -2.34. The predicted molar refractivity (Wildman–Crippen MR) is 112 cm³/mol. The first-order valence-corrected chi connectivity index (χ1v) is 9.83. The van der Waals surface area contributed by atoms with Gasteiger partial charge in [0.05, 0.1) is 35.2 Å². The molecule has 1 fully saturated rings. The number of aromatic nitrogens is 2. The molecule has 0 amide bonds. The number of unbranched alkanes of at least 4 members (excludes halogenated alkanes) is 1. The molecule has 2 aromatic rings. The second-order valence-corrected chi connectivity index (χ2v) is 7.89. The Morgan fingerprint density at radius 1 is 1.26 bits per heavy atom. The quantitative estimate of drug-likeness (QED) is 0.687. The molecule has 0 aromatic carbocycles. The van der Waals surface area contributed by atoms with Crippen LogP contribution in [0.25, 0.3) is 11.0 Å². The van der Waals surface area contributed by atoms with Crippen molar-refractivity contribution < 1.29 is 5.11 Å². The molecule has 2 aromatic heterocycles. The topological polar surface area (TPSA) is 90.5 Å². The van der Waals surface area contributed by atoms with Crippen LogP contribution in [0.5, 0.6) is 0 Å². The van der Waals surface area contributed by atoms with Gasteiger partial charge >= 0.3 is 0 Å². The Bertz CT molecular complexity index is 774. The van der Waals surface area contributed by atoms with Crippen molar-refractivity contribution in [3.05, 3.63) is 18.3 Å². The molecule has 1 aliphatic rings. The number of aliphatic hydroxyl groups excluding tert-OH is 1. The SMILES string of the molecule is CCCCC(C)(CO)Nc1cc(N)nc2cc(N3CCN(C)CC3)cnc12. The lowest BCUT2D eigenvalue weighted by Crippen LogP contribution is -2.44. The van der Waals surface area contributed by atoms with Gasteiger partial charge in [0.1, 0.15) is 11.3 Å². The van der Waals surface area contributed by atoms with Crippen molar-refractivity contribution in [2.45, 2.75) is 38.6 Å². The smallest absolute Gasteiger partial charge is 0.126 e. The summed E-state index contributed by atoms with van der Waals surface area (Å²) in [6.45, 7) is 8.29. The maximum Gasteiger partial charge on any atom is 0.126 e. The summed E-state index contributed by atoms with van der Waals surface area (Å²) < 4.78 is 0. The maximum atomic E-state index is 9.91. The first-order chi connectivity index (χ1) is 12.9. The molecule has 1 saturated heterocycles. The molecule has 1 unspecified atom stereocenters. The van der Waals surface area contributed by atoms with Gasteiger partial charge in [-0.1, -0.05) is 19.8 Å². The van der Waals surface area contributed by atoms with Crippen LogP contribution in [0.2, 0.25) is 0 Å². The Morgan fingerprint density at radius 3 is 2.67 bits per heavy atom. The number of likely N-dealkylation sites (N-methyl/N-ethyl adjacent to an activating group) is 1. The van der Waals surface area contributed by atoms with Crippen molar-refractivity contribution in [2.75, 3.05) is 55.8 Å². The molecule has 1 atom stereocenters. The third-order valence-electron chi connectivity index (χ3n) is 5.39. The molecule has 1 aliphatic heterocycles. The van der Waals surface area contributed by atoms with Gasteiger partial charge < -0.3 is 26.0 Å². The minimum atomic E-state index is -0.408. The fraction of sp³-hybridized carbons (Fsp3) is 0.600. The monoisotopic (exact) mass is 372 g/mol. The Balaban J connectivity index is 1.90. The number of fused-ring (bicyclic) bond motifs is 1. The highest BCUT2D eigenvalue weighted by Crippen LogP contribution is 2.29. The summed E-state index contributed by atoms with van der Waals surface area (Å²) in [4.78, 5) is 13.9. The van der Waals surface area contributed by atoms with E-state index >= 15 is 0 Å². The Kier molecular flexibility index (Phi) is 6.01. The second kappa shape index (κ2) is 8.27. The molecule has 4 N–H and O–H groups in total. The molecular weight excluding hydrogens is 340 g/mol. The van der Waals surface area contributed by atoms with E-state index in [1.807, 2.05) is 19.2 Å². The van der Waals surface area contributed by atoms with E-state index in [2.05, 4.69) is 40.1 Å². The van der Waals surface area contributed by atoms with Crippen molar-refractivity contribution in [2.24, 2.45) is 0 Å². The third-order valence-corrected chi connectivity index (χ3v) is 5.39. The number of aliphatic hydroxyl groups is 1. The average Bonchev–Trinajstić information content (AvgIpc) is 2.66. The average molecular weight is 373 g/mol. The zero-order chi connectivity index (χ0) is 19.4. The molecule has 27 heavy (non-hydrogen) atoms. The van der Waals surface area contributed by atoms with Crippen LogP contribution in [0, 0.1) is 0 Å². The van der Waals surface area contributed by atoms with Crippen LogP contribution in [-0.4, -0.2) is 65.3 Å². The van der Waals surface area contributed by atoms with Crippen LogP contribution in [0.4, 0.5) is 17.2 Å². The Morgan fingerprint density at radius 2 is 2.00 bits per heavy atom. The summed E-state index contributed by atoms with van der Waals surface area (Å²) in [6.07, 6.45) is 4.93. The highest BCUT2D eigenvalue weighted by molar-refractivity contribution is 5.91. The first-order valence-electron chi connectivity index (χ1n) is 9.83. The van der Waals surface area contributed by atoms with E-state index in [4.69, 9.17) is 10.7 Å². The Labute approximate surface area is 161 Å². The second-order valence-electron chi connectivity index (χ2n) is 7.89. The summed E-state index contributed by atoms with van der Waals surface area (Å²) in [5, 5.41) is 13.4. The molecule has 0 radical (unpaired) electrons. The van der Waals surface area contributed by atoms with E-state index < -0.39 is 5.54 Å². The number of nitrogens with one attached hydrogen (secondary N) is 1. The fourth-order valence-corrected chi connectivity index (χ4v) is 3.53. The van der Waals surface area contributed by atoms with Crippen LogP contribution in [-0.2, 0) is 0 Å². The van der Waals surface area contributed by atoms with Gasteiger partial charge in [-0.15, -0.1) is 0 Å². The summed E-state index contributed by atoms with van der Waals surface area (Å²) in [7, 11) is 2.15. The standard InChI is InChI=1S/C20H32N6O/c1-4-5-6-20(2,14-27)24-17-12-18(21)23-16-11-15(13-22-19(16)17)26-9-7-25(3)8-10-26/h11-13,27H,4-10,14H2,1-3H3,(H3,21,23,24). The summed E-state index contributed by atoms with van der Waals surface area (Å²) in [6, 6.07) is 3.88. The van der Waals surface area contributed by atoms with Gasteiger partial charge in [-0.25, -0.2) is 4.98 Å². The number of rotatable bonds is 7. The zero-order valence-corrected chi connectivity index (χ0v) is 16.7. The van der Waals surface area contributed by atoms with E-state index in [-0.39, 0.29) is 6.61 Å². The molecule has 7 nitrogen and oxygen atoms in total. The van der Waals surface area contributed by atoms with Gasteiger partial charge in [-0.2, -0.15) is 0 Å². The van der Waals surface area contributed by atoms with Gasteiger partial charge in [-0.05, 0) is 26.5 Å². The van der Waals surface area contributed by atoms with Crippen molar-refractivity contribution in [3.63, 3.8) is 0 Å².